The zero-order valence-corrected chi connectivity index (χ0v) is 16.5. The first-order valence-corrected chi connectivity index (χ1v) is 10.9. The predicted octanol–water partition coefficient (Wildman–Crippen LogP) is 2.31. The Morgan fingerprint density at radius 3 is 2.89 bits per heavy atom. The van der Waals surface area contributed by atoms with Crippen LogP contribution in [-0.4, -0.2) is 54.3 Å². The van der Waals surface area contributed by atoms with Gasteiger partial charge in [0.2, 0.25) is 0 Å². The van der Waals surface area contributed by atoms with Gasteiger partial charge in [-0.25, -0.2) is 13.4 Å². The molecule has 1 amide bonds. The molecule has 4 rings (SSSR count). The lowest BCUT2D eigenvalue weighted by Crippen LogP contribution is -2.43. The number of nitrogens with zero attached hydrogens (tertiary/aromatic N) is 4. The summed E-state index contributed by atoms with van der Waals surface area (Å²) in [7, 11) is -1.85. The van der Waals surface area contributed by atoms with Crippen molar-refractivity contribution in [2.24, 2.45) is 4.40 Å². The number of fused-ring (bicyclic) bond motifs is 2. The lowest BCUT2D eigenvalue weighted by molar-refractivity contribution is -0.127. The molecule has 1 aromatic carbocycles. The molecular weight excluding hydrogens is 384 g/mol. The predicted molar refractivity (Wildman–Crippen MR) is 106 cm³/mol. The van der Waals surface area contributed by atoms with Gasteiger partial charge in [-0.15, -0.1) is 15.7 Å². The van der Waals surface area contributed by atoms with Gasteiger partial charge in [0.25, 0.3) is 15.9 Å². The summed E-state index contributed by atoms with van der Waals surface area (Å²) >= 11 is 1.55. The van der Waals surface area contributed by atoms with E-state index in [1.807, 2.05) is 31.2 Å². The van der Waals surface area contributed by atoms with Crippen molar-refractivity contribution in [3.05, 3.63) is 53.2 Å². The van der Waals surface area contributed by atoms with E-state index in [1.165, 1.54) is 0 Å². The maximum absolute atomic E-state index is 13.1. The van der Waals surface area contributed by atoms with E-state index in [2.05, 4.69) is 9.38 Å². The van der Waals surface area contributed by atoms with E-state index < -0.39 is 10.0 Å². The van der Waals surface area contributed by atoms with Gasteiger partial charge in [0.1, 0.15) is 5.01 Å². The molecule has 7 nitrogen and oxygen atoms in total. The number of likely N-dealkylation sites (N-methyl/N-ethyl adjacent to an activating group) is 1. The minimum absolute atomic E-state index is 0.0553. The number of allylic oxidation sites excluding steroid dienone is 2. The molecule has 0 bridgehead atoms. The number of hydrogen-bond acceptors (Lipinski definition) is 6. The van der Waals surface area contributed by atoms with Gasteiger partial charge in [0.15, 0.2) is 5.84 Å². The Bertz CT molecular complexity index is 1080. The smallest absolute Gasteiger partial charge is 0.257 e. The van der Waals surface area contributed by atoms with Crippen molar-refractivity contribution < 1.29 is 13.2 Å². The van der Waals surface area contributed by atoms with Crippen LogP contribution in [-0.2, 0) is 14.8 Å². The van der Waals surface area contributed by atoms with Crippen LogP contribution in [0.25, 0.3) is 10.2 Å². The molecule has 1 atom stereocenters. The fourth-order valence-electron chi connectivity index (χ4n) is 2.98. The first kappa shape index (κ1) is 17.9. The first-order valence-electron chi connectivity index (χ1n) is 8.46. The second-order valence-corrected chi connectivity index (χ2v) is 9.24. The molecule has 0 N–H and O–H groups in total. The van der Waals surface area contributed by atoms with Crippen molar-refractivity contribution in [2.45, 2.75) is 13.0 Å². The Hall–Kier alpha value is -2.52. The van der Waals surface area contributed by atoms with Crippen LogP contribution >= 0.6 is 11.3 Å². The van der Waals surface area contributed by atoms with Crippen LogP contribution in [0.1, 0.15) is 18.0 Å². The number of hydrogen-bond donors (Lipinski definition) is 0. The fourth-order valence-corrected chi connectivity index (χ4v) is 5.03. The van der Waals surface area contributed by atoms with Crippen LogP contribution in [0.5, 0.6) is 0 Å². The number of carbonyl (C=O) groups excluding carboxylic acids is 1. The SMILES string of the molecule is CC(c1nc2ccccc2s1)N(C)C(=O)C1=CC=CN2CCS(=O)(=O)N=C12. The van der Waals surface area contributed by atoms with E-state index >= 15 is 0 Å². The topological polar surface area (TPSA) is 82.9 Å². The second-order valence-electron chi connectivity index (χ2n) is 6.43. The summed E-state index contributed by atoms with van der Waals surface area (Å²) in [6.07, 6.45) is 5.09. The Labute approximate surface area is 161 Å². The molecule has 0 radical (unpaired) electrons. The first-order chi connectivity index (χ1) is 12.9. The summed E-state index contributed by atoms with van der Waals surface area (Å²) in [5, 5.41) is 0.828. The summed E-state index contributed by atoms with van der Waals surface area (Å²) in [4.78, 5) is 21.0. The number of thiazole rings is 1. The maximum Gasteiger partial charge on any atom is 0.257 e. The number of para-hydroxylation sites is 1. The van der Waals surface area contributed by atoms with Crippen LogP contribution in [0.4, 0.5) is 0 Å². The lowest BCUT2D eigenvalue weighted by Gasteiger charge is -2.31. The normalized spacial score (nSPS) is 19.3. The standard InChI is InChI=1S/C18H18N4O3S2/c1-12(17-19-14-7-3-4-8-15(14)26-17)21(2)18(23)13-6-5-9-22-10-11-27(24,25)20-16(13)22/h3-9,12H,10-11H2,1-2H3. The summed E-state index contributed by atoms with van der Waals surface area (Å²) in [5.41, 5.74) is 1.18. The van der Waals surface area contributed by atoms with Gasteiger partial charge in [-0.2, -0.15) is 0 Å². The van der Waals surface area contributed by atoms with Crippen LogP contribution in [0.3, 0.4) is 0 Å². The molecule has 140 valence electrons. The highest BCUT2D eigenvalue weighted by Crippen LogP contribution is 2.30. The molecule has 3 heterocycles. The maximum atomic E-state index is 13.1. The lowest BCUT2D eigenvalue weighted by atomic mass is 10.1. The number of amides is 1. The minimum Gasteiger partial charge on any atom is -0.332 e. The molecular formula is C18H18N4O3S2. The number of benzene rings is 1. The summed E-state index contributed by atoms with van der Waals surface area (Å²) in [6, 6.07) is 7.58. The molecule has 0 spiro atoms. The Morgan fingerprint density at radius 2 is 2.11 bits per heavy atom. The third-order valence-corrected chi connectivity index (χ3v) is 7.01. The number of amidine groups is 1. The van der Waals surface area contributed by atoms with Gasteiger partial charge in [-0.3, -0.25) is 4.79 Å². The van der Waals surface area contributed by atoms with E-state index in [0.29, 0.717) is 6.54 Å². The average molecular weight is 403 g/mol. The van der Waals surface area contributed by atoms with Crippen molar-refractivity contribution in [3.63, 3.8) is 0 Å². The molecule has 1 unspecified atom stereocenters. The number of aromatic nitrogens is 1. The molecule has 2 aliphatic heterocycles. The van der Waals surface area contributed by atoms with Gasteiger partial charge < -0.3 is 9.80 Å². The van der Waals surface area contributed by atoms with Crippen LogP contribution in [0.15, 0.2) is 52.6 Å². The monoisotopic (exact) mass is 402 g/mol. The largest absolute Gasteiger partial charge is 0.332 e. The van der Waals surface area contributed by atoms with E-state index in [-0.39, 0.29) is 29.1 Å². The zero-order valence-electron chi connectivity index (χ0n) is 14.9. The van der Waals surface area contributed by atoms with E-state index in [9.17, 15) is 13.2 Å². The molecule has 1 aromatic heterocycles. The molecule has 2 aromatic rings. The quantitative estimate of drug-likeness (QED) is 0.787. The highest BCUT2D eigenvalue weighted by molar-refractivity contribution is 7.90. The Morgan fingerprint density at radius 1 is 1.33 bits per heavy atom. The van der Waals surface area contributed by atoms with E-state index in [0.717, 1.165) is 15.2 Å². The van der Waals surface area contributed by atoms with Gasteiger partial charge in [-0.05, 0) is 31.2 Å². The number of carbonyl (C=O) groups is 1. The van der Waals surface area contributed by atoms with Crippen LogP contribution < -0.4 is 0 Å². The van der Waals surface area contributed by atoms with E-state index in [4.69, 9.17) is 0 Å². The average Bonchev–Trinajstić information content (AvgIpc) is 3.09. The highest BCUT2D eigenvalue weighted by atomic mass is 32.2. The molecule has 9 heteroatoms. The Kier molecular flexibility index (Phi) is 4.35. The second kappa shape index (κ2) is 6.58. The van der Waals surface area contributed by atoms with Crippen LogP contribution in [0, 0.1) is 0 Å². The molecule has 2 aliphatic rings. The van der Waals surface area contributed by atoms with Crippen molar-refractivity contribution >= 4 is 43.3 Å². The zero-order chi connectivity index (χ0) is 19.2. The number of rotatable bonds is 3. The Balaban J connectivity index is 1.64. The molecule has 0 aliphatic carbocycles. The number of sulfonamides is 1. The summed E-state index contributed by atoms with van der Waals surface area (Å²) < 4.78 is 28.7. The van der Waals surface area contributed by atoms with Crippen molar-refractivity contribution in [1.82, 2.24) is 14.8 Å². The van der Waals surface area contributed by atoms with Gasteiger partial charge in [0, 0.05) is 19.8 Å². The third kappa shape index (κ3) is 3.28. The summed E-state index contributed by atoms with van der Waals surface area (Å²) in [6.45, 7) is 2.20. The van der Waals surface area contributed by atoms with Crippen molar-refractivity contribution in [1.29, 1.82) is 0 Å². The van der Waals surface area contributed by atoms with Crippen molar-refractivity contribution in [3.8, 4) is 0 Å². The fraction of sp³-hybridized carbons (Fsp3) is 0.278. The summed E-state index contributed by atoms with van der Waals surface area (Å²) in [5.74, 6) is -0.149. The van der Waals surface area contributed by atoms with Crippen molar-refractivity contribution in [2.75, 3.05) is 19.3 Å². The molecule has 0 saturated heterocycles. The minimum atomic E-state index is -3.54. The van der Waals surface area contributed by atoms with Gasteiger partial charge >= 0.3 is 0 Å². The highest BCUT2D eigenvalue weighted by Gasteiger charge is 2.33. The third-order valence-electron chi connectivity index (χ3n) is 4.66. The molecule has 27 heavy (non-hydrogen) atoms. The van der Waals surface area contributed by atoms with Gasteiger partial charge in [0.05, 0.1) is 27.6 Å². The van der Waals surface area contributed by atoms with Crippen LogP contribution in [0.2, 0.25) is 0 Å². The molecule has 0 fully saturated rings. The van der Waals surface area contributed by atoms with E-state index in [1.54, 1.807) is 46.5 Å². The molecule has 0 saturated carbocycles. The van der Waals surface area contributed by atoms with Gasteiger partial charge in [-0.1, -0.05) is 12.1 Å².